The lowest BCUT2D eigenvalue weighted by Gasteiger charge is -2.35. The van der Waals surface area contributed by atoms with E-state index in [1.807, 2.05) is 4.90 Å². The van der Waals surface area contributed by atoms with E-state index in [0.717, 1.165) is 18.8 Å². The second-order valence-electron chi connectivity index (χ2n) is 5.42. The predicted octanol–water partition coefficient (Wildman–Crippen LogP) is -0.599. The number of furan rings is 1. The number of fused-ring (bicyclic) bond motifs is 1. The number of carbonyl (C=O) groups excluding carboxylic acids is 2. The predicted molar refractivity (Wildman–Crippen MR) is 74.3 cm³/mol. The van der Waals surface area contributed by atoms with E-state index in [1.165, 1.54) is 0 Å². The number of piperazine rings is 1. The van der Waals surface area contributed by atoms with Crippen molar-refractivity contribution in [3.63, 3.8) is 0 Å². The SMILES string of the molecule is Cc1oc(CN2CCN3C(=O)NCC3C2)cc1C(=O)NN. The van der Waals surface area contributed by atoms with Crippen molar-refractivity contribution in [3.05, 3.63) is 23.2 Å². The smallest absolute Gasteiger partial charge is 0.317 e. The highest BCUT2D eigenvalue weighted by Crippen LogP contribution is 2.19. The maximum absolute atomic E-state index is 11.6. The van der Waals surface area contributed by atoms with Crippen LogP contribution in [0.5, 0.6) is 0 Å². The highest BCUT2D eigenvalue weighted by molar-refractivity contribution is 5.94. The van der Waals surface area contributed by atoms with E-state index in [0.29, 0.717) is 31.0 Å². The summed E-state index contributed by atoms with van der Waals surface area (Å²) in [4.78, 5) is 27.2. The fourth-order valence-corrected chi connectivity index (χ4v) is 2.96. The minimum absolute atomic E-state index is 0.0235. The van der Waals surface area contributed by atoms with Gasteiger partial charge in [-0.1, -0.05) is 0 Å². The molecule has 0 spiro atoms. The van der Waals surface area contributed by atoms with Crippen LogP contribution in [0.1, 0.15) is 21.9 Å². The molecule has 4 N–H and O–H groups in total. The molecule has 1 unspecified atom stereocenters. The van der Waals surface area contributed by atoms with Crippen LogP contribution in [-0.2, 0) is 6.54 Å². The largest absolute Gasteiger partial charge is 0.464 e. The Bertz CT molecular complexity index is 570. The van der Waals surface area contributed by atoms with Gasteiger partial charge in [-0.3, -0.25) is 15.1 Å². The average Bonchev–Trinajstić information content (AvgIpc) is 3.02. The lowest BCUT2D eigenvalue weighted by Crippen LogP contribution is -2.51. The van der Waals surface area contributed by atoms with Crippen molar-refractivity contribution >= 4 is 11.9 Å². The van der Waals surface area contributed by atoms with Gasteiger partial charge in [0.05, 0.1) is 18.2 Å². The van der Waals surface area contributed by atoms with E-state index < -0.39 is 0 Å². The topological polar surface area (TPSA) is 104 Å². The van der Waals surface area contributed by atoms with Crippen LogP contribution in [0.4, 0.5) is 4.79 Å². The Kier molecular flexibility index (Phi) is 3.56. The number of nitrogen functional groups attached to an aromatic ring is 1. The maximum Gasteiger partial charge on any atom is 0.317 e. The first kappa shape index (κ1) is 13.9. The third-order valence-corrected chi connectivity index (χ3v) is 4.04. The molecule has 0 radical (unpaired) electrons. The number of rotatable bonds is 3. The molecule has 0 bridgehead atoms. The molecule has 2 fully saturated rings. The number of urea groups is 1. The zero-order chi connectivity index (χ0) is 15.0. The minimum Gasteiger partial charge on any atom is -0.464 e. The van der Waals surface area contributed by atoms with Crippen molar-refractivity contribution < 1.29 is 14.0 Å². The highest BCUT2D eigenvalue weighted by Gasteiger charge is 2.35. The van der Waals surface area contributed by atoms with Crippen molar-refractivity contribution in [2.75, 3.05) is 26.2 Å². The van der Waals surface area contributed by atoms with Gasteiger partial charge in [-0.05, 0) is 13.0 Å². The van der Waals surface area contributed by atoms with Crippen LogP contribution in [0.3, 0.4) is 0 Å². The molecule has 0 saturated carbocycles. The molecule has 21 heavy (non-hydrogen) atoms. The first-order chi connectivity index (χ1) is 10.1. The number of carbonyl (C=O) groups is 2. The number of hydrogen-bond acceptors (Lipinski definition) is 5. The molecule has 2 aliphatic rings. The Morgan fingerprint density at radius 1 is 1.57 bits per heavy atom. The van der Waals surface area contributed by atoms with Crippen molar-refractivity contribution in [2.24, 2.45) is 5.84 Å². The van der Waals surface area contributed by atoms with E-state index in [2.05, 4.69) is 15.6 Å². The minimum atomic E-state index is -0.349. The zero-order valence-electron chi connectivity index (χ0n) is 11.9. The molecule has 3 heterocycles. The molecule has 0 aromatic carbocycles. The monoisotopic (exact) mass is 293 g/mol. The summed E-state index contributed by atoms with van der Waals surface area (Å²) in [6.07, 6.45) is 0. The Balaban J connectivity index is 1.65. The van der Waals surface area contributed by atoms with Crippen molar-refractivity contribution in [1.82, 2.24) is 20.5 Å². The number of nitrogens with one attached hydrogen (secondary N) is 2. The fraction of sp³-hybridized carbons (Fsp3) is 0.538. The molecule has 3 rings (SSSR count). The summed E-state index contributed by atoms with van der Waals surface area (Å²) in [5, 5.41) is 2.85. The van der Waals surface area contributed by atoms with Gasteiger partial charge < -0.3 is 14.6 Å². The number of aryl methyl sites for hydroxylation is 1. The summed E-state index contributed by atoms with van der Waals surface area (Å²) in [5.74, 6) is 6.09. The highest BCUT2D eigenvalue weighted by atomic mass is 16.3. The van der Waals surface area contributed by atoms with E-state index in [4.69, 9.17) is 10.3 Å². The third kappa shape index (κ3) is 2.59. The van der Waals surface area contributed by atoms with E-state index >= 15 is 0 Å². The van der Waals surface area contributed by atoms with Crippen molar-refractivity contribution in [3.8, 4) is 0 Å². The first-order valence-electron chi connectivity index (χ1n) is 6.95. The van der Waals surface area contributed by atoms with Gasteiger partial charge in [0, 0.05) is 26.2 Å². The Labute approximate surface area is 122 Å². The molecule has 1 aromatic rings. The van der Waals surface area contributed by atoms with Crippen molar-refractivity contribution in [2.45, 2.75) is 19.5 Å². The molecule has 114 valence electrons. The van der Waals surface area contributed by atoms with Crippen LogP contribution in [0.25, 0.3) is 0 Å². The maximum atomic E-state index is 11.6. The molecular weight excluding hydrogens is 274 g/mol. The third-order valence-electron chi connectivity index (χ3n) is 4.04. The van der Waals surface area contributed by atoms with Gasteiger partial charge in [0.15, 0.2) is 0 Å². The normalized spacial score (nSPS) is 22.1. The zero-order valence-corrected chi connectivity index (χ0v) is 11.9. The van der Waals surface area contributed by atoms with Gasteiger partial charge >= 0.3 is 6.03 Å². The van der Waals surface area contributed by atoms with Crippen LogP contribution >= 0.6 is 0 Å². The van der Waals surface area contributed by atoms with Gasteiger partial charge in [-0.2, -0.15) is 0 Å². The molecule has 8 heteroatoms. The molecule has 1 aromatic heterocycles. The van der Waals surface area contributed by atoms with E-state index in [9.17, 15) is 9.59 Å². The van der Waals surface area contributed by atoms with Gasteiger partial charge in [-0.25, -0.2) is 10.6 Å². The number of hydrogen-bond donors (Lipinski definition) is 3. The summed E-state index contributed by atoms with van der Waals surface area (Å²) < 4.78 is 5.62. The second kappa shape index (κ2) is 5.38. The Morgan fingerprint density at radius 2 is 2.38 bits per heavy atom. The van der Waals surface area contributed by atoms with Crippen LogP contribution in [-0.4, -0.2) is 54.0 Å². The van der Waals surface area contributed by atoms with Crippen molar-refractivity contribution in [1.29, 1.82) is 0 Å². The summed E-state index contributed by atoms with van der Waals surface area (Å²) in [7, 11) is 0. The molecular formula is C13H19N5O3. The number of nitrogens with zero attached hydrogens (tertiary/aromatic N) is 2. The quantitative estimate of drug-likeness (QED) is 0.392. The molecule has 8 nitrogen and oxygen atoms in total. The standard InChI is InChI=1S/C13H19N5O3/c1-8-11(12(19)16-14)4-10(21-8)7-17-2-3-18-9(6-17)5-15-13(18)20/h4,9H,2-3,5-7,14H2,1H3,(H,15,20)(H,16,19). The number of nitrogens with two attached hydrogens (primary N) is 1. The number of amides is 3. The number of hydrazine groups is 1. The molecule has 0 aliphatic carbocycles. The van der Waals surface area contributed by atoms with Crippen LogP contribution in [0, 0.1) is 6.92 Å². The van der Waals surface area contributed by atoms with Gasteiger partial charge in [-0.15, -0.1) is 0 Å². The summed E-state index contributed by atoms with van der Waals surface area (Å²) in [6, 6.07) is 1.96. The van der Waals surface area contributed by atoms with Gasteiger partial charge in [0.1, 0.15) is 11.5 Å². The second-order valence-corrected chi connectivity index (χ2v) is 5.42. The fourth-order valence-electron chi connectivity index (χ4n) is 2.96. The Morgan fingerprint density at radius 3 is 3.14 bits per heavy atom. The van der Waals surface area contributed by atoms with Crippen LogP contribution in [0.15, 0.2) is 10.5 Å². The molecule has 3 amide bonds. The summed E-state index contributed by atoms with van der Waals surface area (Å²) in [6.45, 7) is 5.36. The van der Waals surface area contributed by atoms with Crippen LogP contribution < -0.4 is 16.6 Å². The summed E-state index contributed by atoms with van der Waals surface area (Å²) in [5.41, 5.74) is 2.57. The molecule has 1 atom stereocenters. The van der Waals surface area contributed by atoms with E-state index in [1.54, 1.807) is 13.0 Å². The van der Waals surface area contributed by atoms with Gasteiger partial charge in [0.2, 0.25) is 0 Å². The lowest BCUT2D eigenvalue weighted by atomic mass is 10.2. The van der Waals surface area contributed by atoms with E-state index in [-0.39, 0.29) is 18.0 Å². The lowest BCUT2D eigenvalue weighted by molar-refractivity contribution is 0.0952. The molecule has 2 saturated heterocycles. The average molecular weight is 293 g/mol. The van der Waals surface area contributed by atoms with Gasteiger partial charge in [0.25, 0.3) is 5.91 Å². The van der Waals surface area contributed by atoms with Crippen LogP contribution in [0.2, 0.25) is 0 Å². The molecule has 2 aliphatic heterocycles. The summed E-state index contributed by atoms with van der Waals surface area (Å²) >= 11 is 0. The first-order valence-corrected chi connectivity index (χ1v) is 6.95. The Hall–Kier alpha value is -2.06.